The van der Waals surface area contributed by atoms with Crippen LogP contribution in [0.25, 0.3) is 0 Å². The van der Waals surface area contributed by atoms with Crippen molar-refractivity contribution in [3.05, 3.63) is 30.2 Å². The quantitative estimate of drug-likeness (QED) is 0.537. The Morgan fingerprint density at radius 1 is 1.28 bits per heavy atom. The van der Waals surface area contributed by atoms with Crippen molar-refractivity contribution >= 4 is 11.7 Å². The molecule has 8 heteroatoms. The SMILES string of the molecule is N=C(N)c1nccnc1N1CCn2cnnc2C1. The average Bonchev–Trinajstić information content (AvgIpc) is 2.85. The first-order valence-corrected chi connectivity index (χ1v) is 5.53. The Hall–Kier alpha value is -2.51. The number of nitrogens with zero attached hydrogens (tertiary/aromatic N) is 6. The molecule has 0 unspecified atom stereocenters. The third kappa shape index (κ3) is 1.67. The van der Waals surface area contributed by atoms with Gasteiger partial charge in [0.15, 0.2) is 11.6 Å². The maximum atomic E-state index is 7.53. The Labute approximate surface area is 103 Å². The highest BCUT2D eigenvalue weighted by Crippen LogP contribution is 2.19. The van der Waals surface area contributed by atoms with E-state index in [4.69, 9.17) is 11.1 Å². The van der Waals surface area contributed by atoms with E-state index in [-0.39, 0.29) is 5.84 Å². The second-order valence-electron chi connectivity index (χ2n) is 4.00. The minimum Gasteiger partial charge on any atom is -0.382 e. The van der Waals surface area contributed by atoms with Crippen LogP contribution in [0.3, 0.4) is 0 Å². The second kappa shape index (κ2) is 4.06. The lowest BCUT2D eigenvalue weighted by atomic mass is 10.3. The van der Waals surface area contributed by atoms with Gasteiger partial charge in [0.25, 0.3) is 0 Å². The summed E-state index contributed by atoms with van der Waals surface area (Å²) in [6, 6.07) is 0. The smallest absolute Gasteiger partial charge is 0.158 e. The third-order valence-corrected chi connectivity index (χ3v) is 2.87. The highest BCUT2D eigenvalue weighted by Gasteiger charge is 2.22. The van der Waals surface area contributed by atoms with E-state index in [2.05, 4.69) is 20.2 Å². The lowest BCUT2D eigenvalue weighted by Crippen LogP contribution is -2.36. The maximum Gasteiger partial charge on any atom is 0.158 e. The molecular weight excluding hydrogens is 232 g/mol. The molecule has 0 amide bonds. The first-order valence-electron chi connectivity index (χ1n) is 5.53. The molecule has 0 aliphatic carbocycles. The van der Waals surface area contributed by atoms with E-state index in [1.54, 1.807) is 12.5 Å². The van der Waals surface area contributed by atoms with Gasteiger partial charge in [-0.1, -0.05) is 0 Å². The zero-order valence-corrected chi connectivity index (χ0v) is 9.61. The van der Waals surface area contributed by atoms with E-state index in [1.165, 1.54) is 6.20 Å². The van der Waals surface area contributed by atoms with Crippen molar-refractivity contribution in [1.29, 1.82) is 5.41 Å². The average molecular weight is 244 g/mol. The van der Waals surface area contributed by atoms with E-state index in [0.717, 1.165) is 18.9 Å². The summed E-state index contributed by atoms with van der Waals surface area (Å²) in [7, 11) is 0. The fourth-order valence-electron chi connectivity index (χ4n) is 2.00. The minimum absolute atomic E-state index is 0.0786. The van der Waals surface area contributed by atoms with Gasteiger partial charge < -0.3 is 15.2 Å². The van der Waals surface area contributed by atoms with Crippen LogP contribution in [0.15, 0.2) is 18.7 Å². The van der Waals surface area contributed by atoms with Crippen LogP contribution in [-0.2, 0) is 13.1 Å². The molecule has 0 fully saturated rings. The zero-order chi connectivity index (χ0) is 12.5. The van der Waals surface area contributed by atoms with Crippen LogP contribution in [0.1, 0.15) is 11.5 Å². The largest absolute Gasteiger partial charge is 0.382 e. The van der Waals surface area contributed by atoms with Gasteiger partial charge in [0.2, 0.25) is 0 Å². The molecule has 0 atom stereocenters. The number of hydrogen-bond acceptors (Lipinski definition) is 6. The van der Waals surface area contributed by atoms with Gasteiger partial charge in [0.05, 0.1) is 6.54 Å². The van der Waals surface area contributed by atoms with E-state index in [0.29, 0.717) is 18.1 Å². The van der Waals surface area contributed by atoms with E-state index < -0.39 is 0 Å². The Bertz CT molecular complexity index is 589. The number of amidine groups is 1. The Morgan fingerprint density at radius 3 is 2.94 bits per heavy atom. The minimum atomic E-state index is -0.0786. The van der Waals surface area contributed by atoms with Crippen molar-refractivity contribution in [2.24, 2.45) is 5.73 Å². The predicted molar refractivity (Wildman–Crippen MR) is 64.1 cm³/mol. The van der Waals surface area contributed by atoms with Crippen molar-refractivity contribution in [3.63, 3.8) is 0 Å². The molecule has 0 radical (unpaired) electrons. The van der Waals surface area contributed by atoms with Crippen LogP contribution < -0.4 is 10.6 Å². The molecule has 8 nitrogen and oxygen atoms in total. The predicted octanol–water partition coefficient (Wildman–Crippen LogP) is -0.628. The molecule has 0 saturated heterocycles. The van der Waals surface area contributed by atoms with Crippen LogP contribution in [0.2, 0.25) is 0 Å². The molecular formula is C10H12N8. The summed E-state index contributed by atoms with van der Waals surface area (Å²) in [5.74, 6) is 1.42. The van der Waals surface area contributed by atoms with Gasteiger partial charge in [-0.15, -0.1) is 10.2 Å². The van der Waals surface area contributed by atoms with Crippen LogP contribution >= 0.6 is 0 Å². The number of nitrogens with one attached hydrogen (secondary N) is 1. The van der Waals surface area contributed by atoms with E-state index >= 15 is 0 Å². The summed E-state index contributed by atoms with van der Waals surface area (Å²) in [6.07, 6.45) is 4.85. The van der Waals surface area contributed by atoms with Crippen molar-refractivity contribution in [2.75, 3.05) is 11.4 Å². The molecule has 0 bridgehead atoms. The highest BCUT2D eigenvalue weighted by atomic mass is 15.3. The molecule has 92 valence electrons. The Kier molecular flexibility index (Phi) is 2.40. The standard InChI is InChI=1S/C10H12N8/c11-9(12)8-10(14-2-1-13-8)17-3-4-18-6-15-16-7(18)5-17/h1-2,6H,3-5H2,(H3,11,12). The number of aromatic nitrogens is 5. The topological polar surface area (TPSA) is 110 Å². The van der Waals surface area contributed by atoms with Crippen molar-refractivity contribution < 1.29 is 0 Å². The van der Waals surface area contributed by atoms with Gasteiger partial charge in [0.1, 0.15) is 17.9 Å². The zero-order valence-electron chi connectivity index (χ0n) is 9.61. The molecule has 3 rings (SSSR count). The van der Waals surface area contributed by atoms with Gasteiger partial charge in [0, 0.05) is 25.5 Å². The van der Waals surface area contributed by atoms with Crippen molar-refractivity contribution in [2.45, 2.75) is 13.1 Å². The molecule has 0 saturated carbocycles. The molecule has 3 N–H and O–H groups in total. The molecule has 1 aliphatic rings. The Morgan fingerprint density at radius 2 is 2.11 bits per heavy atom. The number of rotatable bonds is 2. The van der Waals surface area contributed by atoms with Gasteiger partial charge in [-0.3, -0.25) is 5.41 Å². The van der Waals surface area contributed by atoms with Crippen molar-refractivity contribution in [1.82, 2.24) is 24.7 Å². The monoisotopic (exact) mass is 244 g/mol. The van der Waals surface area contributed by atoms with Gasteiger partial charge in [-0.2, -0.15) is 0 Å². The fraction of sp³-hybridized carbons (Fsp3) is 0.300. The van der Waals surface area contributed by atoms with Crippen LogP contribution in [0.5, 0.6) is 0 Å². The number of nitrogens with two attached hydrogens (primary N) is 1. The highest BCUT2D eigenvalue weighted by molar-refractivity contribution is 5.97. The molecule has 2 aromatic rings. The molecule has 3 heterocycles. The number of hydrogen-bond donors (Lipinski definition) is 2. The molecule has 1 aliphatic heterocycles. The third-order valence-electron chi connectivity index (χ3n) is 2.87. The number of fused-ring (bicyclic) bond motifs is 1. The summed E-state index contributed by atoms with van der Waals surface area (Å²) in [6.45, 7) is 2.15. The normalized spacial score (nSPS) is 14.3. The first kappa shape index (κ1) is 10.6. The molecule has 18 heavy (non-hydrogen) atoms. The fourth-order valence-corrected chi connectivity index (χ4v) is 2.00. The first-order chi connectivity index (χ1) is 8.75. The summed E-state index contributed by atoms with van der Waals surface area (Å²) in [5.41, 5.74) is 5.92. The number of nitrogen functional groups attached to an aromatic ring is 1. The maximum absolute atomic E-state index is 7.53. The lowest BCUT2D eigenvalue weighted by molar-refractivity contribution is 0.555. The van der Waals surface area contributed by atoms with Crippen LogP contribution in [0.4, 0.5) is 5.82 Å². The summed E-state index contributed by atoms with van der Waals surface area (Å²) in [5, 5.41) is 15.4. The second-order valence-corrected chi connectivity index (χ2v) is 4.00. The van der Waals surface area contributed by atoms with Crippen LogP contribution in [0, 0.1) is 5.41 Å². The van der Waals surface area contributed by atoms with E-state index in [1.807, 2.05) is 9.47 Å². The summed E-state index contributed by atoms with van der Waals surface area (Å²) in [4.78, 5) is 10.4. The summed E-state index contributed by atoms with van der Waals surface area (Å²) < 4.78 is 2.00. The number of anilines is 1. The molecule has 2 aromatic heterocycles. The van der Waals surface area contributed by atoms with Gasteiger partial charge in [-0.05, 0) is 0 Å². The molecule has 0 aromatic carbocycles. The molecule has 0 spiro atoms. The van der Waals surface area contributed by atoms with Crippen molar-refractivity contribution in [3.8, 4) is 0 Å². The van der Waals surface area contributed by atoms with Crippen LogP contribution in [-0.4, -0.2) is 37.1 Å². The summed E-state index contributed by atoms with van der Waals surface area (Å²) >= 11 is 0. The van der Waals surface area contributed by atoms with E-state index in [9.17, 15) is 0 Å². The lowest BCUT2D eigenvalue weighted by Gasteiger charge is -2.28. The Balaban J connectivity index is 1.95. The van der Waals surface area contributed by atoms with Gasteiger partial charge >= 0.3 is 0 Å². The van der Waals surface area contributed by atoms with Gasteiger partial charge in [-0.25, -0.2) is 9.97 Å².